The summed E-state index contributed by atoms with van der Waals surface area (Å²) in [5.41, 5.74) is 3.23. The number of para-hydroxylation sites is 1. The number of aromatic amines is 1. The third kappa shape index (κ3) is 3.77. The van der Waals surface area contributed by atoms with Crippen molar-refractivity contribution in [3.05, 3.63) is 72.4 Å². The lowest BCUT2D eigenvalue weighted by Gasteiger charge is -2.15. The van der Waals surface area contributed by atoms with Crippen molar-refractivity contribution in [1.29, 1.82) is 0 Å². The van der Waals surface area contributed by atoms with Gasteiger partial charge in [-0.15, -0.1) is 10.2 Å². The van der Waals surface area contributed by atoms with E-state index in [1.165, 1.54) is 12.8 Å². The number of nitrogens with one attached hydrogen (secondary N) is 2. The van der Waals surface area contributed by atoms with Crippen LogP contribution in [0.15, 0.2) is 66.9 Å². The van der Waals surface area contributed by atoms with Gasteiger partial charge in [-0.25, -0.2) is 0 Å². The number of fused-ring (bicyclic) bond motifs is 1. The molecule has 2 aromatic carbocycles. The molecule has 0 atom stereocenters. The van der Waals surface area contributed by atoms with E-state index in [0.717, 1.165) is 35.4 Å². The molecule has 1 fully saturated rings. The first kappa shape index (κ1) is 19.0. The van der Waals surface area contributed by atoms with Gasteiger partial charge in [-0.05, 0) is 43.2 Å². The molecule has 0 bridgehead atoms. The highest BCUT2D eigenvalue weighted by atomic mass is 16.2. The van der Waals surface area contributed by atoms with Crippen LogP contribution in [0.5, 0.6) is 0 Å². The fraction of sp³-hybridized carbons (Fsp3) is 0.167. The maximum Gasteiger partial charge on any atom is 0.296 e. The van der Waals surface area contributed by atoms with Gasteiger partial charge in [0.15, 0.2) is 5.82 Å². The molecule has 2 N–H and O–H groups in total. The topological polar surface area (TPSA) is 91.0 Å². The minimum absolute atomic E-state index is 0.354. The lowest BCUT2D eigenvalue weighted by molar-refractivity contribution is -0.112. The number of rotatable bonds is 5. The number of nitrogens with zero attached hydrogens (tertiary/aromatic N) is 3. The Labute approximate surface area is 179 Å². The van der Waals surface area contributed by atoms with Gasteiger partial charge in [0.2, 0.25) is 0 Å². The fourth-order valence-corrected chi connectivity index (χ4v) is 3.92. The highest BCUT2D eigenvalue weighted by Gasteiger charge is 2.20. The predicted molar refractivity (Wildman–Crippen MR) is 120 cm³/mol. The standard InChI is InChI=1S/C24H21N5O2/c30-23(19-15-25-21-9-2-1-8-18(19)21)24(31)26-17-7-5-6-16(14-17)20-10-11-22(28-27-20)29-12-3-4-13-29/h1-2,5-11,14-15,25H,3-4,12-13H2,(H,26,31). The molecule has 3 heterocycles. The first-order valence-electron chi connectivity index (χ1n) is 10.3. The minimum atomic E-state index is -0.683. The summed E-state index contributed by atoms with van der Waals surface area (Å²) in [7, 11) is 0. The molecule has 0 radical (unpaired) electrons. The van der Waals surface area contributed by atoms with Crippen LogP contribution < -0.4 is 10.2 Å². The second-order valence-corrected chi connectivity index (χ2v) is 7.58. The summed E-state index contributed by atoms with van der Waals surface area (Å²) in [6, 6.07) is 18.5. The van der Waals surface area contributed by atoms with E-state index in [2.05, 4.69) is 25.4 Å². The molecule has 154 valence electrons. The van der Waals surface area contributed by atoms with Gasteiger partial charge in [0.25, 0.3) is 11.7 Å². The zero-order valence-corrected chi connectivity index (χ0v) is 16.8. The van der Waals surface area contributed by atoms with Gasteiger partial charge in [0.1, 0.15) is 0 Å². The van der Waals surface area contributed by atoms with E-state index < -0.39 is 11.7 Å². The zero-order chi connectivity index (χ0) is 21.2. The van der Waals surface area contributed by atoms with Crippen LogP contribution in [0.3, 0.4) is 0 Å². The zero-order valence-electron chi connectivity index (χ0n) is 16.8. The van der Waals surface area contributed by atoms with Crippen molar-refractivity contribution in [3.63, 3.8) is 0 Å². The van der Waals surface area contributed by atoms with E-state index in [0.29, 0.717) is 16.9 Å². The van der Waals surface area contributed by atoms with Gasteiger partial charge in [0, 0.05) is 41.4 Å². The maximum atomic E-state index is 12.7. The Morgan fingerprint density at radius 3 is 2.58 bits per heavy atom. The van der Waals surface area contributed by atoms with Gasteiger partial charge in [-0.2, -0.15) is 0 Å². The number of aromatic nitrogens is 3. The fourth-order valence-electron chi connectivity index (χ4n) is 3.92. The number of amides is 1. The van der Waals surface area contributed by atoms with Crippen LogP contribution in [0.25, 0.3) is 22.2 Å². The summed E-state index contributed by atoms with van der Waals surface area (Å²) in [5.74, 6) is -0.384. The third-order valence-corrected chi connectivity index (χ3v) is 5.54. The van der Waals surface area contributed by atoms with E-state index in [9.17, 15) is 9.59 Å². The van der Waals surface area contributed by atoms with Crippen molar-refractivity contribution in [2.75, 3.05) is 23.3 Å². The summed E-state index contributed by atoms with van der Waals surface area (Å²) in [6.45, 7) is 2.03. The second-order valence-electron chi connectivity index (χ2n) is 7.58. The molecule has 0 saturated carbocycles. The maximum absolute atomic E-state index is 12.7. The van der Waals surface area contributed by atoms with Gasteiger partial charge in [-0.3, -0.25) is 9.59 Å². The number of ketones is 1. The summed E-state index contributed by atoms with van der Waals surface area (Å²) >= 11 is 0. The molecule has 31 heavy (non-hydrogen) atoms. The number of carbonyl (C=O) groups excluding carboxylic acids is 2. The molecule has 5 rings (SSSR count). The number of carbonyl (C=O) groups is 2. The Bertz CT molecular complexity index is 1260. The predicted octanol–water partition coefficient (Wildman–Crippen LogP) is 4.05. The van der Waals surface area contributed by atoms with Gasteiger partial charge < -0.3 is 15.2 Å². The number of anilines is 2. The van der Waals surface area contributed by atoms with Crippen LogP contribution >= 0.6 is 0 Å². The molecular weight excluding hydrogens is 390 g/mol. The third-order valence-electron chi connectivity index (χ3n) is 5.54. The van der Waals surface area contributed by atoms with Crippen molar-refractivity contribution < 1.29 is 9.59 Å². The van der Waals surface area contributed by atoms with Crippen molar-refractivity contribution in [1.82, 2.24) is 15.2 Å². The number of H-pyrrole nitrogens is 1. The van der Waals surface area contributed by atoms with Crippen LogP contribution in [-0.4, -0.2) is 40.0 Å². The Morgan fingerprint density at radius 2 is 1.77 bits per heavy atom. The SMILES string of the molecule is O=C(Nc1cccc(-c2ccc(N3CCCC3)nn2)c1)C(=O)c1c[nH]c2ccccc12. The first-order chi connectivity index (χ1) is 15.2. The van der Waals surface area contributed by atoms with Crippen LogP contribution in [0, 0.1) is 0 Å². The Hall–Kier alpha value is -4.00. The Morgan fingerprint density at radius 1 is 0.935 bits per heavy atom. The monoisotopic (exact) mass is 411 g/mol. The van der Waals surface area contributed by atoms with Gasteiger partial charge in [-0.1, -0.05) is 30.3 Å². The number of Topliss-reactive ketones (excluding diaryl/α,β-unsaturated/α-hetero) is 1. The molecule has 7 nitrogen and oxygen atoms in total. The van der Waals surface area contributed by atoms with Gasteiger partial charge >= 0.3 is 0 Å². The van der Waals surface area contributed by atoms with E-state index in [-0.39, 0.29) is 0 Å². The van der Waals surface area contributed by atoms with Crippen LogP contribution in [0.4, 0.5) is 11.5 Å². The molecule has 1 aliphatic heterocycles. The lowest BCUT2D eigenvalue weighted by atomic mass is 10.1. The van der Waals surface area contributed by atoms with Crippen LogP contribution in [-0.2, 0) is 4.79 Å². The molecule has 0 spiro atoms. The molecule has 1 amide bonds. The molecule has 1 saturated heterocycles. The molecule has 2 aromatic heterocycles. The first-order valence-corrected chi connectivity index (χ1v) is 10.3. The minimum Gasteiger partial charge on any atom is -0.360 e. The quantitative estimate of drug-likeness (QED) is 0.382. The average molecular weight is 411 g/mol. The highest BCUT2D eigenvalue weighted by molar-refractivity contribution is 6.48. The second kappa shape index (κ2) is 8.02. The largest absolute Gasteiger partial charge is 0.360 e. The smallest absolute Gasteiger partial charge is 0.296 e. The van der Waals surface area contributed by atoms with E-state index in [1.54, 1.807) is 18.3 Å². The molecule has 0 unspecified atom stereocenters. The molecule has 0 aliphatic carbocycles. The van der Waals surface area contributed by atoms with Gasteiger partial charge in [0.05, 0.1) is 11.3 Å². The molecular formula is C24H21N5O2. The van der Waals surface area contributed by atoms with E-state index in [1.807, 2.05) is 48.5 Å². The number of hydrogen-bond acceptors (Lipinski definition) is 5. The lowest BCUT2D eigenvalue weighted by Crippen LogP contribution is -2.22. The summed E-state index contributed by atoms with van der Waals surface area (Å²) < 4.78 is 0. The Kier molecular flexibility index (Phi) is 4.92. The highest BCUT2D eigenvalue weighted by Crippen LogP contribution is 2.24. The average Bonchev–Trinajstić information content (AvgIpc) is 3.49. The van der Waals surface area contributed by atoms with Crippen molar-refractivity contribution in [2.24, 2.45) is 0 Å². The summed E-state index contributed by atoms with van der Waals surface area (Å²) in [5, 5.41) is 12.1. The molecule has 7 heteroatoms. The van der Waals surface area contributed by atoms with Crippen molar-refractivity contribution in [3.8, 4) is 11.3 Å². The number of hydrogen-bond donors (Lipinski definition) is 2. The summed E-state index contributed by atoms with van der Waals surface area (Å²) in [6.07, 6.45) is 3.94. The van der Waals surface area contributed by atoms with Crippen LogP contribution in [0.2, 0.25) is 0 Å². The van der Waals surface area contributed by atoms with E-state index >= 15 is 0 Å². The van der Waals surface area contributed by atoms with Crippen molar-refractivity contribution in [2.45, 2.75) is 12.8 Å². The number of benzene rings is 2. The Balaban J connectivity index is 1.33. The van der Waals surface area contributed by atoms with Crippen molar-refractivity contribution >= 4 is 34.1 Å². The normalized spacial score (nSPS) is 13.5. The molecule has 4 aromatic rings. The summed E-state index contributed by atoms with van der Waals surface area (Å²) in [4.78, 5) is 30.5. The van der Waals surface area contributed by atoms with Crippen LogP contribution in [0.1, 0.15) is 23.2 Å². The van der Waals surface area contributed by atoms with E-state index in [4.69, 9.17) is 0 Å². The molecule has 1 aliphatic rings.